The molecule has 0 saturated heterocycles. The molecule has 0 aliphatic rings. The molecular formula is C21H29N3O5. The van der Waals surface area contributed by atoms with Gasteiger partial charge in [0.15, 0.2) is 5.69 Å². The van der Waals surface area contributed by atoms with Gasteiger partial charge in [0.1, 0.15) is 6.26 Å². The maximum atomic E-state index is 12.8. The van der Waals surface area contributed by atoms with E-state index in [4.69, 9.17) is 9.15 Å². The summed E-state index contributed by atoms with van der Waals surface area (Å²) in [6, 6.07) is 7.47. The quantitative estimate of drug-likeness (QED) is 0.475. The van der Waals surface area contributed by atoms with Gasteiger partial charge in [-0.25, -0.2) is 14.6 Å². The minimum Gasteiger partial charge on any atom is -0.464 e. The highest BCUT2D eigenvalue weighted by Crippen LogP contribution is 2.18. The van der Waals surface area contributed by atoms with Crippen LogP contribution in [0.4, 0.5) is 10.5 Å². The van der Waals surface area contributed by atoms with Crippen molar-refractivity contribution in [2.75, 3.05) is 32.2 Å². The first kappa shape index (κ1) is 22.4. The summed E-state index contributed by atoms with van der Waals surface area (Å²) in [6.07, 6.45) is 1.89. The average Bonchev–Trinajstić information content (AvgIpc) is 3.18. The predicted octanol–water partition coefficient (Wildman–Crippen LogP) is 4.05. The Kier molecular flexibility index (Phi) is 8.67. The summed E-state index contributed by atoms with van der Waals surface area (Å²) >= 11 is 0. The van der Waals surface area contributed by atoms with Crippen molar-refractivity contribution in [2.24, 2.45) is 0 Å². The van der Waals surface area contributed by atoms with Crippen molar-refractivity contribution in [2.45, 2.75) is 39.7 Å². The highest BCUT2D eigenvalue weighted by Gasteiger charge is 2.19. The van der Waals surface area contributed by atoms with Crippen LogP contribution in [0.15, 0.2) is 34.9 Å². The summed E-state index contributed by atoms with van der Waals surface area (Å²) in [4.78, 5) is 30.0. The van der Waals surface area contributed by atoms with Gasteiger partial charge < -0.3 is 24.1 Å². The van der Waals surface area contributed by atoms with Crippen LogP contribution >= 0.6 is 0 Å². The van der Waals surface area contributed by atoms with Crippen LogP contribution in [-0.4, -0.2) is 48.8 Å². The van der Waals surface area contributed by atoms with Crippen molar-refractivity contribution in [3.05, 3.63) is 47.7 Å². The van der Waals surface area contributed by atoms with E-state index < -0.39 is 5.97 Å². The van der Waals surface area contributed by atoms with E-state index in [0.717, 1.165) is 0 Å². The number of anilines is 1. The average molecular weight is 403 g/mol. The molecule has 29 heavy (non-hydrogen) atoms. The summed E-state index contributed by atoms with van der Waals surface area (Å²) in [5.41, 5.74) is 1.98. The molecular weight excluding hydrogens is 374 g/mol. The Hall–Kier alpha value is -2.87. The molecule has 0 saturated carbocycles. The van der Waals surface area contributed by atoms with Crippen LogP contribution in [0.1, 0.15) is 55.1 Å². The monoisotopic (exact) mass is 403 g/mol. The number of nitrogens with one attached hydrogen (secondary N) is 1. The molecule has 2 rings (SSSR count). The molecule has 1 heterocycles. The number of urea groups is 1. The van der Waals surface area contributed by atoms with E-state index in [9.17, 15) is 9.59 Å². The van der Waals surface area contributed by atoms with E-state index in [-0.39, 0.29) is 24.2 Å². The van der Waals surface area contributed by atoms with Gasteiger partial charge >= 0.3 is 12.0 Å². The van der Waals surface area contributed by atoms with Crippen LogP contribution in [0.5, 0.6) is 0 Å². The van der Waals surface area contributed by atoms with Crippen LogP contribution in [0.3, 0.4) is 0 Å². The number of nitrogens with zero attached hydrogens (tertiary/aromatic N) is 2. The van der Waals surface area contributed by atoms with Gasteiger partial charge in [-0.1, -0.05) is 26.0 Å². The Morgan fingerprint density at radius 3 is 2.59 bits per heavy atom. The molecule has 0 atom stereocenters. The van der Waals surface area contributed by atoms with Gasteiger partial charge in [0.05, 0.1) is 13.7 Å². The fourth-order valence-electron chi connectivity index (χ4n) is 2.65. The zero-order valence-corrected chi connectivity index (χ0v) is 17.4. The summed E-state index contributed by atoms with van der Waals surface area (Å²) in [5, 5.41) is 2.90. The molecule has 0 aliphatic carbocycles. The number of hydrogen-bond acceptors (Lipinski definition) is 6. The molecule has 8 nitrogen and oxygen atoms in total. The molecule has 0 spiro atoms. The number of methoxy groups -OCH3 is 1. The van der Waals surface area contributed by atoms with Gasteiger partial charge in [-0.15, -0.1) is 0 Å². The van der Waals surface area contributed by atoms with Crippen molar-refractivity contribution in [1.29, 1.82) is 0 Å². The zero-order valence-electron chi connectivity index (χ0n) is 17.4. The standard InChI is InChI=1S/C21H29N3O5/c1-5-28-12-6-11-24(13-19-23-18(14-29-19)20(25)27-4)21(26)22-17-9-7-16(8-10-17)15(2)3/h7-10,14-15H,5-6,11-13H2,1-4H3,(H,22,26). The third-order valence-electron chi connectivity index (χ3n) is 4.31. The van der Waals surface area contributed by atoms with Gasteiger partial charge in [0.25, 0.3) is 0 Å². The first-order valence-electron chi connectivity index (χ1n) is 9.71. The van der Waals surface area contributed by atoms with Gasteiger partial charge in [0.2, 0.25) is 5.89 Å². The number of rotatable bonds is 10. The van der Waals surface area contributed by atoms with Crippen molar-refractivity contribution >= 4 is 17.7 Å². The lowest BCUT2D eigenvalue weighted by atomic mass is 10.0. The predicted molar refractivity (Wildman–Crippen MR) is 109 cm³/mol. The molecule has 0 fully saturated rings. The van der Waals surface area contributed by atoms with Crippen LogP contribution in [0, 0.1) is 0 Å². The SMILES string of the molecule is CCOCCCN(Cc1nc(C(=O)OC)co1)C(=O)Nc1ccc(C(C)C)cc1. The molecule has 0 unspecified atom stereocenters. The van der Waals surface area contributed by atoms with Gasteiger partial charge in [0, 0.05) is 25.4 Å². The van der Waals surface area contributed by atoms with E-state index in [0.29, 0.717) is 37.8 Å². The molecule has 1 aromatic carbocycles. The van der Waals surface area contributed by atoms with Crippen molar-refractivity contribution < 1.29 is 23.5 Å². The summed E-state index contributed by atoms with van der Waals surface area (Å²) in [5.74, 6) is 0.0913. The number of hydrogen-bond donors (Lipinski definition) is 1. The first-order valence-corrected chi connectivity index (χ1v) is 9.71. The second-order valence-corrected chi connectivity index (χ2v) is 6.80. The molecule has 1 N–H and O–H groups in total. The lowest BCUT2D eigenvalue weighted by Crippen LogP contribution is -2.35. The lowest BCUT2D eigenvalue weighted by molar-refractivity contribution is 0.0594. The highest BCUT2D eigenvalue weighted by molar-refractivity contribution is 5.89. The Balaban J connectivity index is 2.06. The number of esters is 1. The molecule has 158 valence electrons. The molecule has 2 amide bonds. The van der Waals surface area contributed by atoms with Crippen LogP contribution < -0.4 is 5.32 Å². The number of aromatic nitrogens is 1. The highest BCUT2D eigenvalue weighted by atomic mass is 16.5. The zero-order chi connectivity index (χ0) is 21.2. The number of oxazole rings is 1. The van der Waals surface area contributed by atoms with Gasteiger partial charge in [-0.3, -0.25) is 0 Å². The second kappa shape index (κ2) is 11.2. The molecule has 0 aliphatic heterocycles. The fourth-order valence-corrected chi connectivity index (χ4v) is 2.65. The van der Waals surface area contributed by atoms with E-state index in [1.54, 1.807) is 4.90 Å². The van der Waals surface area contributed by atoms with E-state index in [2.05, 4.69) is 28.9 Å². The number of ether oxygens (including phenoxy) is 2. The minimum absolute atomic E-state index is 0.0708. The molecule has 0 radical (unpaired) electrons. The molecule has 0 bridgehead atoms. The number of carbonyl (C=O) groups excluding carboxylic acids is 2. The van der Waals surface area contributed by atoms with Gasteiger partial charge in [-0.2, -0.15) is 0 Å². The van der Waals surface area contributed by atoms with E-state index in [1.165, 1.54) is 18.9 Å². The minimum atomic E-state index is -0.586. The second-order valence-electron chi connectivity index (χ2n) is 6.80. The summed E-state index contributed by atoms with van der Waals surface area (Å²) in [6.45, 7) is 7.90. The third kappa shape index (κ3) is 6.90. The van der Waals surface area contributed by atoms with Crippen LogP contribution in [0.25, 0.3) is 0 Å². The summed E-state index contributed by atoms with van der Waals surface area (Å²) in [7, 11) is 1.27. The maximum Gasteiger partial charge on any atom is 0.360 e. The Labute approximate surface area is 171 Å². The largest absolute Gasteiger partial charge is 0.464 e. The lowest BCUT2D eigenvalue weighted by Gasteiger charge is -2.22. The van der Waals surface area contributed by atoms with E-state index in [1.807, 2.05) is 31.2 Å². The number of carbonyl (C=O) groups is 2. The molecule has 1 aromatic heterocycles. The molecule has 8 heteroatoms. The first-order chi connectivity index (χ1) is 13.9. The Morgan fingerprint density at radius 1 is 1.24 bits per heavy atom. The van der Waals surface area contributed by atoms with Crippen molar-refractivity contribution in [3.8, 4) is 0 Å². The molecule has 2 aromatic rings. The Bertz CT molecular complexity index is 786. The number of amides is 2. The maximum absolute atomic E-state index is 12.8. The fraction of sp³-hybridized carbons (Fsp3) is 0.476. The van der Waals surface area contributed by atoms with Crippen LogP contribution in [0.2, 0.25) is 0 Å². The van der Waals surface area contributed by atoms with Crippen molar-refractivity contribution in [1.82, 2.24) is 9.88 Å². The number of benzene rings is 1. The third-order valence-corrected chi connectivity index (χ3v) is 4.31. The van der Waals surface area contributed by atoms with E-state index >= 15 is 0 Å². The normalized spacial score (nSPS) is 10.8. The van der Waals surface area contributed by atoms with Crippen molar-refractivity contribution in [3.63, 3.8) is 0 Å². The smallest absolute Gasteiger partial charge is 0.360 e. The topological polar surface area (TPSA) is 93.9 Å². The van der Waals surface area contributed by atoms with Gasteiger partial charge in [-0.05, 0) is 37.0 Å². The summed E-state index contributed by atoms with van der Waals surface area (Å²) < 4.78 is 15.3. The Morgan fingerprint density at radius 2 is 1.97 bits per heavy atom. The van der Waals surface area contributed by atoms with Crippen LogP contribution in [-0.2, 0) is 16.0 Å².